The maximum atomic E-state index is 12.6. The topological polar surface area (TPSA) is 56.0 Å². The van der Waals surface area contributed by atoms with Gasteiger partial charge in [0.2, 0.25) is 0 Å². The SMILES string of the molecule is Cc1ccccc1Nc1ccc(C(=O)c2c(Cl)ccc[n+]2[O-])c(Cl)c1. The summed E-state index contributed by atoms with van der Waals surface area (Å²) in [5.74, 6) is -0.520. The van der Waals surface area contributed by atoms with E-state index in [9.17, 15) is 10.0 Å². The first-order chi connectivity index (χ1) is 12.0. The monoisotopic (exact) mass is 372 g/mol. The summed E-state index contributed by atoms with van der Waals surface area (Å²) in [5.41, 5.74) is 2.84. The summed E-state index contributed by atoms with van der Waals surface area (Å²) in [4.78, 5) is 12.6. The minimum Gasteiger partial charge on any atom is -0.618 e. The van der Waals surface area contributed by atoms with Crippen LogP contribution >= 0.6 is 23.2 Å². The fraction of sp³-hybridized carbons (Fsp3) is 0.0526. The van der Waals surface area contributed by atoms with Crippen LogP contribution in [0.25, 0.3) is 0 Å². The van der Waals surface area contributed by atoms with Gasteiger partial charge in [0.1, 0.15) is 5.02 Å². The maximum absolute atomic E-state index is 12.6. The van der Waals surface area contributed by atoms with E-state index < -0.39 is 5.78 Å². The van der Waals surface area contributed by atoms with Crippen molar-refractivity contribution in [3.63, 3.8) is 0 Å². The van der Waals surface area contributed by atoms with Gasteiger partial charge < -0.3 is 10.5 Å². The molecular weight excluding hydrogens is 359 g/mol. The molecule has 0 radical (unpaired) electrons. The van der Waals surface area contributed by atoms with Crippen molar-refractivity contribution in [2.75, 3.05) is 5.32 Å². The third kappa shape index (κ3) is 3.60. The van der Waals surface area contributed by atoms with Crippen molar-refractivity contribution in [2.24, 2.45) is 0 Å². The second-order valence-corrected chi connectivity index (χ2v) is 6.31. The van der Waals surface area contributed by atoms with Gasteiger partial charge in [0, 0.05) is 23.0 Å². The van der Waals surface area contributed by atoms with Gasteiger partial charge >= 0.3 is 0 Å². The standard InChI is InChI=1S/C19H14Cl2N2O2/c1-12-5-2-3-7-17(12)22-13-8-9-14(16(21)11-13)19(24)18-15(20)6-4-10-23(18)25/h2-11,22H,1H3. The molecule has 0 aliphatic heterocycles. The third-order valence-electron chi connectivity index (χ3n) is 3.76. The smallest absolute Gasteiger partial charge is 0.283 e. The number of ketones is 1. The molecule has 1 heterocycles. The Morgan fingerprint density at radius 1 is 1.04 bits per heavy atom. The van der Waals surface area contributed by atoms with Crippen LogP contribution in [-0.4, -0.2) is 5.78 Å². The van der Waals surface area contributed by atoms with Crippen molar-refractivity contribution in [3.05, 3.63) is 92.9 Å². The molecule has 0 unspecified atom stereocenters. The highest BCUT2D eigenvalue weighted by atomic mass is 35.5. The van der Waals surface area contributed by atoms with Gasteiger partial charge in [-0.25, -0.2) is 0 Å². The van der Waals surface area contributed by atoms with Gasteiger partial charge in [0.25, 0.3) is 11.5 Å². The van der Waals surface area contributed by atoms with Gasteiger partial charge in [-0.2, -0.15) is 4.73 Å². The van der Waals surface area contributed by atoms with Gasteiger partial charge in [0.05, 0.1) is 5.02 Å². The molecule has 0 atom stereocenters. The van der Waals surface area contributed by atoms with Crippen LogP contribution in [0.4, 0.5) is 11.4 Å². The highest BCUT2D eigenvalue weighted by molar-refractivity contribution is 6.37. The molecule has 6 heteroatoms. The molecule has 0 aliphatic rings. The van der Waals surface area contributed by atoms with E-state index in [1.807, 2.05) is 31.2 Å². The Hall–Kier alpha value is -2.56. The van der Waals surface area contributed by atoms with E-state index in [0.29, 0.717) is 4.73 Å². The number of hydrogen-bond donors (Lipinski definition) is 1. The number of carbonyl (C=O) groups is 1. The van der Waals surface area contributed by atoms with E-state index >= 15 is 0 Å². The lowest BCUT2D eigenvalue weighted by Gasteiger charge is -2.11. The predicted octanol–water partition coefficient (Wildman–Crippen LogP) is 4.91. The Labute approximate surface area is 155 Å². The van der Waals surface area contributed by atoms with E-state index in [1.165, 1.54) is 18.3 Å². The molecule has 3 aromatic rings. The Kier molecular flexibility index (Phi) is 4.93. The highest BCUT2D eigenvalue weighted by Gasteiger charge is 2.24. The van der Waals surface area contributed by atoms with Crippen molar-refractivity contribution < 1.29 is 9.52 Å². The minimum absolute atomic E-state index is 0.0840. The first-order valence-electron chi connectivity index (χ1n) is 7.52. The van der Waals surface area contributed by atoms with Gasteiger partial charge in [0.15, 0.2) is 6.20 Å². The van der Waals surface area contributed by atoms with E-state index in [2.05, 4.69) is 5.32 Å². The zero-order chi connectivity index (χ0) is 18.0. The summed E-state index contributed by atoms with van der Waals surface area (Å²) in [5, 5.41) is 15.4. The van der Waals surface area contributed by atoms with Crippen molar-refractivity contribution in [3.8, 4) is 0 Å². The number of pyridine rings is 1. The maximum Gasteiger partial charge on any atom is 0.283 e. The number of para-hydroxylation sites is 1. The molecule has 25 heavy (non-hydrogen) atoms. The zero-order valence-corrected chi connectivity index (χ0v) is 14.8. The quantitative estimate of drug-likeness (QED) is 0.402. The van der Waals surface area contributed by atoms with E-state index in [4.69, 9.17) is 23.2 Å². The summed E-state index contributed by atoms with van der Waals surface area (Å²) in [6.45, 7) is 1.99. The molecule has 0 saturated carbocycles. The van der Waals surface area contributed by atoms with E-state index in [1.54, 1.807) is 18.2 Å². The van der Waals surface area contributed by atoms with Crippen LogP contribution in [0.3, 0.4) is 0 Å². The number of anilines is 2. The van der Waals surface area contributed by atoms with Crippen molar-refractivity contribution in [2.45, 2.75) is 6.92 Å². The van der Waals surface area contributed by atoms with Crippen molar-refractivity contribution in [1.82, 2.24) is 0 Å². The molecular formula is C19H14Cl2N2O2. The number of carbonyl (C=O) groups excluding carboxylic acids is 1. The molecule has 0 fully saturated rings. The van der Waals surface area contributed by atoms with Crippen LogP contribution in [0.2, 0.25) is 10.0 Å². The normalized spacial score (nSPS) is 10.5. The first-order valence-corrected chi connectivity index (χ1v) is 8.27. The lowest BCUT2D eigenvalue weighted by molar-refractivity contribution is -0.607. The number of rotatable bonds is 4. The average molecular weight is 373 g/mol. The second-order valence-electron chi connectivity index (χ2n) is 5.49. The Bertz CT molecular complexity index is 938. The fourth-order valence-electron chi connectivity index (χ4n) is 2.45. The van der Waals surface area contributed by atoms with Crippen LogP contribution in [0.5, 0.6) is 0 Å². The molecule has 126 valence electrons. The molecule has 0 bridgehead atoms. The Morgan fingerprint density at radius 3 is 2.48 bits per heavy atom. The second kappa shape index (κ2) is 7.13. The summed E-state index contributed by atoms with van der Waals surface area (Å²) in [7, 11) is 0. The van der Waals surface area contributed by atoms with Gasteiger partial charge in [-0.15, -0.1) is 0 Å². The molecule has 1 N–H and O–H groups in total. The molecule has 4 nitrogen and oxygen atoms in total. The van der Waals surface area contributed by atoms with Crippen molar-refractivity contribution >= 4 is 40.4 Å². The molecule has 2 aromatic carbocycles. The average Bonchev–Trinajstić information content (AvgIpc) is 2.57. The summed E-state index contributed by atoms with van der Waals surface area (Å²) in [6, 6.07) is 15.8. The molecule has 0 aliphatic carbocycles. The summed E-state index contributed by atoms with van der Waals surface area (Å²) >= 11 is 12.3. The van der Waals surface area contributed by atoms with Gasteiger partial charge in [-0.3, -0.25) is 4.79 Å². The first kappa shape index (κ1) is 17.3. The number of nitrogens with zero attached hydrogens (tertiary/aromatic N) is 1. The largest absolute Gasteiger partial charge is 0.618 e. The lowest BCUT2D eigenvalue weighted by atomic mass is 10.1. The van der Waals surface area contributed by atoms with Crippen molar-refractivity contribution in [1.29, 1.82) is 0 Å². The number of nitrogens with one attached hydrogen (secondary N) is 1. The van der Waals surface area contributed by atoms with Gasteiger partial charge in [-0.1, -0.05) is 41.4 Å². The van der Waals surface area contributed by atoms with E-state index in [-0.39, 0.29) is 21.3 Å². The summed E-state index contributed by atoms with van der Waals surface area (Å²) < 4.78 is 0.445. The van der Waals surface area contributed by atoms with Crippen LogP contribution in [-0.2, 0) is 0 Å². The molecule has 3 rings (SSSR count). The van der Waals surface area contributed by atoms with Crippen LogP contribution in [0, 0.1) is 12.1 Å². The molecule has 0 saturated heterocycles. The fourth-order valence-corrected chi connectivity index (χ4v) is 2.95. The van der Waals surface area contributed by atoms with Crippen LogP contribution < -0.4 is 10.0 Å². The number of benzene rings is 2. The zero-order valence-electron chi connectivity index (χ0n) is 13.3. The number of hydrogen-bond acceptors (Lipinski definition) is 3. The predicted molar refractivity (Wildman–Crippen MR) is 99.8 cm³/mol. The van der Waals surface area contributed by atoms with Gasteiger partial charge in [-0.05, 0) is 42.8 Å². The number of aryl methyl sites for hydroxylation is 1. The lowest BCUT2D eigenvalue weighted by Crippen LogP contribution is -2.34. The van der Waals surface area contributed by atoms with Crippen LogP contribution in [0.15, 0.2) is 60.8 Å². The third-order valence-corrected chi connectivity index (χ3v) is 4.38. The Morgan fingerprint density at radius 2 is 1.80 bits per heavy atom. The van der Waals surface area contributed by atoms with Crippen LogP contribution in [0.1, 0.15) is 21.6 Å². The number of halogens is 2. The highest BCUT2D eigenvalue weighted by Crippen LogP contribution is 2.27. The Balaban J connectivity index is 1.92. The minimum atomic E-state index is -0.520. The molecule has 1 aromatic heterocycles. The molecule has 0 spiro atoms. The molecule has 0 amide bonds. The van der Waals surface area contributed by atoms with E-state index in [0.717, 1.165) is 16.9 Å². The summed E-state index contributed by atoms with van der Waals surface area (Å²) in [6.07, 6.45) is 1.22. The number of aromatic nitrogens is 1.